The number of aromatic amines is 1. The maximum Gasteiger partial charge on any atom is 0.293 e. The van der Waals surface area contributed by atoms with Crippen LogP contribution in [0, 0.1) is 5.92 Å². The van der Waals surface area contributed by atoms with E-state index in [9.17, 15) is 4.79 Å². The summed E-state index contributed by atoms with van der Waals surface area (Å²) in [4.78, 5) is 17.6. The minimum absolute atomic E-state index is 0.00134. The molecule has 5 nitrogen and oxygen atoms in total. The number of hydrogen-bond acceptors (Lipinski definition) is 4. The minimum atomic E-state index is -0.510. The van der Waals surface area contributed by atoms with Crippen LogP contribution in [-0.4, -0.2) is 21.1 Å². The monoisotopic (exact) mass is 239 g/mol. The molecular weight excluding hydrogens is 218 g/mol. The Labute approximate surface area is 101 Å². The third-order valence-corrected chi connectivity index (χ3v) is 2.65. The molecule has 96 valence electrons. The summed E-state index contributed by atoms with van der Waals surface area (Å²) in [5, 5.41) is 9.04. The molecule has 17 heavy (non-hydrogen) atoms. The van der Waals surface area contributed by atoms with E-state index < -0.39 is 5.56 Å². The van der Waals surface area contributed by atoms with E-state index in [0.29, 0.717) is 18.2 Å². The van der Waals surface area contributed by atoms with Crippen LogP contribution in [0.5, 0.6) is 5.75 Å². The van der Waals surface area contributed by atoms with Crippen molar-refractivity contribution in [2.24, 2.45) is 11.7 Å². The number of nitrogens with two attached hydrogens (primary N) is 1. The van der Waals surface area contributed by atoms with E-state index in [2.05, 4.69) is 23.8 Å². The molecule has 0 aliphatic carbocycles. The average molecular weight is 239 g/mol. The topological polar surface area (TPSA) is 92.0 Å². The van der Waals surface area contributed by atoms with E-state index >= 15 is 0 Å². The quantitative estimate of drug-likeness (QED) is 0.695. The van der Waals surface area contributed by atoms with E-state index in [-0.39, 0.29) is 11.8 Å². The Kier molecular flexibility index (Phi) is 5.15. The summed E-state index contributed by atoms with van der Waals surface area (Å²) in [5.41, 5.74) is 5.45. The molecule has 4 N–H and O–H groups in total. The predicted octanol–water partition coefficient (Wildman–Crippen LogP) is 1.17. The summed E-state index contributed by atoms with van der Waals surface area (Å²) in [6, 6.07) is 0.00134. The van der Waals surface area contributed by atoms with Crippen molar-refractivity contribution in [2.45, 2.75) is 45.6 Å². The second kappa shape index (κ2) is 6.39. The van der Waals surface area contributed by atoms with Gasteiger partial charge in [-0.1, -0.05) is 26.7 Å². The molecule has 1 aromatic rings. The fourth-order valence-electron chi connectivity index (χ4n) is 1.67. The lowest BCUT2D eigenvalue weighted by atomic mass is 10.0. The van der Waals surface area contributed by atoms with Gasteiger partial charge in [0.2, 0.25) is 0 Å². The Morgan fingerprint density at radius 3 is 2.76 bits per heavy atom. The van der Waals surface area contributed by atoms with Crippen LogP contribution in [0.2, 0.25) is 0 Å². The maximum atomic E-state index is 11.1. The largest absolute Gasteiger partial charge is 0.502 e. The molecule has 0 saturated carbocycles. The number of nitrogens with zero attached hydrogens (tertiary/aromatic N) is 1. The van der Waals surface area contributed by atoms with Crippen molar-refractivity contribution < 1.29 is 5.11 Å². The van der Waals surface area contributed by atoms with Gasteiger partial charge in [0, 0.05) is 12.5 Å². The predicted molar refractivity (Wildman–Crippen MR) is 66.9 cm³/mol. The van der Waals surface area contributed by atoms with E-state index in [1.807, 2.05) is 0 Å². The number of aromatic hydroxyl groups is 1. The molecule has 1 aromatic heterocycles. The van der Waals surface area contributed by atoms with Gasteiger partial charge >= 0.3 is 0 Å². The zero-order valence-corrected chi connectivity index (χ0v) is 10.4. The van der Waals surface area contributed by atoms with Gasteiger partial charge in [0.1, 0.15) is 5.82 Å². The Morgan fingerprint density at radius 2 is 2.18 bits per heavy atom. The Balaban J connectivity index is 2.42. The van der Waals surface area contributed by atoms with Crippen molar-refractivity contribution in [3.63, 3.8) is 0 Å². The van der Waals surface area contributed by atoms with Gasteiger partial charge in [-0.05, 0) is 12.3 Å². The highest BCUT2D eigenvalue weighted by molar-refractivity contribution is 5.10. The van der Waals surface area contributed by atoms with Crippen molar-refractivity contribution >= 4 is 0 Å². The summed E-state index contributed by atoms with van der Waals surface area (Å²) in [6.07, 6.45) is 4.86. The summed E-state index contributed by atoms with van der Waals surface area (Å²) in [5.74, 6) is 0.862. The standard InChI is InChI=1S/C12H21N3O2/c1-8(2)4-3-5-9(13)6-11-14-7-10(16)12(17)15-11/h7-9,16H,3-6,13H2,1-2H3,(H,14,15,17). The molecule has 1 rings (SSSR count). The molecule has 0 aliphatic rings. The lowest BCUT2D eigenvalue weighted by Crippen LogP contribution is -2.25. The van der Waals surface area contributed by atoms with E-state index in [0.717, 1.165) is 25.5 Å². The third-order valence-electron chi connectivity index (χ3n) is 2.65. The van der Waals surface area contributed by atoms with Crippen LogP contribution in [0.15, 0.2) is 11.0 Å². The van der Waals surface area contributed by atoms with Gasteiger partial charge in [-0.15, -0.1) is 0 Å². The average Bonchev–Trinajstić information content (AvgIpc) is 2.23. The van der Waals surface area contributed by atoms with E-state index in [1.54, 1.807) is 0 Å². The molecule has 1 unspecified atom stereocenters. The van der Waals surface area contributed by atoms with Crippen LogP contribution in [0.1, 0.15) is 38.9 Å². The molecule has 0 saturated heterocycles. The lowest BCUT2D eigenvalue weighted by Gasteiger charge is -2.11. The third kappa shape index (κ3) is 4.99. The van der Waals surface area contributed by atoms with Crippen molar-refractivity contribution in [2.75, 3.05) is 0 Å². The Hall–Kier alpha value is -1.36. The summed E-state index contributed by atoms with van der Waals surface area (Å²) in [7, 11) is 0. The van der Waals surface area contributed by atoms with Gasteiger partial charge < -0.3 is 15.8 Å². The molecule has 1 heterocycles. The summed E-state index contributed by atoms with van der Waals surface area (Å²) < 4.78 is 0. The SMILES string of the molecule is CC(C)CCCC(N)Cc1ncc(O)c(=O)[nH]1. The van der Waals surface area contributed by atoms with Crippen LogP contribution in [-0.2, 0) is 6.42 Å². The van der Waals surface area contributed by atoms with Gasteiger partial charge in [-0.3, -0.25) is 4.79 Å². The van der Waals surface area contributed by atoms with Crippen LogP contribution < -0.4 is 11.3 Å². The van der Waals surface area contributed by atoms with Crippen molar-refractivity contribution in [1.82, 2.24) is 9.97 Å². The normalized spacial score (nSPS) is 12.9. The van der Waals surface area contributed by atoms with E-state index in [4.69, 9.17) is 10.8 Å². The number of hydrogen-bond donors (Lipinski definition) is 3. The number of nitrogens with one attached hydrogen (secondary N) is 1. The molecule has 1 atom stereocenters. The minimum Gasteiger partial charge on any atom is -0.502 e. The lowest BCUT2D eigenvalue weighted by molar-refractivity contribution is 0.458. The van der Waals surface area contributed by atoms with Crippen LogP contribution in [0.3, 0.4) is 0 Å². The molecule has 0 aliphatic heterocycles. The molecule has 0 fully saturated rings. The molecule has 0 radical (unpaired) electrons. The molecule has 0 bridgehead atoms. The Bertz CT molecular complexity index is 401. The molecule has 0 spiro atoms. The zero-order valence-electron chi connectivity index (χ0n) is 10.4. The fourth-order valence-corrected chi connectivity index (χ4v) is 1.67. The molecule has 0 aromatic carbocycles. The highest BCUT2D eigenvalue weighted by Crippen LogP contribution is 2.09. The zero-order chi connectivity index (χ0) is 12.8. The van der Waals surface area contributed by atoms with Crippen molar-refractivity contribution in [3.05, 3.63) is 22.4 Å². The molecule has 0 amide bonds. The van der Waals surface area contributed by atoms with Crippen LogP contribution >= 0.6 is 0 Å². The first kappa shape index (κ1) is 13.7. The first-order valence-electron chi connectivity index (χ1n) is 6.01. The Morgan fingerprint density at radius 1 is 1.47 bits per heavy atom. The first-order valence-corrected chi connectivity index (χ1v) is 6.01. The van der Waals surface area contributed by atoms with Crippen LogP contribution in [0.4, 0.5) is 0 Å². The first-order chi connectivity index (χ1) is 7.99. The summed E-state index contributed by atoms with van der Waals surface area (Å²) >= 11 is 0. The van der Waals surface area contributed by atoms with Crippen molar-refractivity contribution in [3.8, 4) is 5.75 Å². The summed E-state index contributed by atoms with van der Waals surface area (Å²) in [6.45, 7) is 4.37. The smallest absolute Gasteiger partial charge is 0.293 e. The maximum absolute atomic E-state index is 11.1. The van der Waals surface area contributed by atoms with Gasteiger partial charge in [0.15, 0.2) is 5.75 Å². The van der Waals surface area contributed by atoms with Gasteiger partial charge in [0.25, 0.3) is 5.56 Å². The molecule has 5 heteroatoms. The van der Waals surface area contributed by atoms with Crippen LogP contribution in [0.25, 0.3) is 0 Å². The fraction of sp³-hybridized carbons (Fsp3) is 0.667. The number of rotatable bonds is 6. The van der Waals surface area contributed by atoms with E-state index in [1.165, 1.54) is 0 Å². The molecular formula is C12H21N3O2. The van der Waals surface area contributed by atoms with Crippen molar-refractivity contribution in [1.29, 1.82) is 0 Å². The number of aromatic nitrogens is 2. The van der Waals surface area contributed by atoms with Gasteiger partial charge in [0.05, 0.1) is 6.20 Å². The second-order valence-corrected chi connectivity index (χ2v) is 4.83. The highest BCUT2D eigenvalue weighted by atomic mass is 16.3. The highest BCUT2D eigenvalue weighted by Gasteiger charge is 2.07. The number of H-pyrrole nitrogens is 1. The van der Waals surface area contributed by atoms with Gasteiger partial charge in [-0.25, -0.2) is 4.98 Å². The van der Waals surface area contributed by atoms with Gasteiger partial charge in [-0.2, -0.15) is 0 Å². The second-order valence-electron chi connectivity index (χ2n) is 4.83.